The average molecular weight is 231 g/mol. The number of aryl methyl sites for hydroxylation is 2. The summed E-state index contributed by atoms with van der Waals surface area (Å²) < 4.78 is 13.1. The Morgan fingerprint density at radius 1 is 0.941 bits per heavy atom. The van der Waals surface area contributed by atoms with Crippen molar-refractivity contribution in [3.05, 3.63) is 53.6 Å². The SMILES string of the molecule is CC.Cc1cc(-c2ccc(F)c(C)c2)ccn1. The molecule has 0 aliphatic heterocycles. The summed E-state index contributed by atoms with van der Waals surface area (Å²) in [7, 11) is 0. The van der Waals surface area contributed by atoms with Crippen molar-refractivity contribution in [1.29, 1.82) is 0 Å². The Morgan fingerprint density at radius 2 is 1.59 bits per heavy atom. The minimum Gasteiger partial charge on any atom is -0.262 e. The van der Waals surface area contributed by atoms with Crippen LogP contribution in [0.25, 0.3) is 11.1 Å². The molecule has 0 bridgehead atoms. The predicted octanol–water partition coefficient (Wildman–Crippen LogP) is 4.53. The van der Waals surface area contributed by atoms with Crippen LogP contribution >= 0.6 is 0 Å². The zero-order valence-corrected chi connectivity index (χ0v) is 10.8. The lowest BCUT2D eigenvalue weighted by molar-refractivity contribution is 0.619. The van der Waals surface area contributed by atoms with E-state index in [2.05, 4.69) is 4.98 Å². The molecule has 17 heavy (non-hydrogen) atoms. The van der Waals surface area contributed by atoms with Gasteiger partial charge in [-0.2, -0.15) is 0 Å². The van der Waals surface area contributed by atoms with Crippen LogP contribution in [0.4, 0.5) is 4.39 Å². The summed E-state index contributed by atoms with van der Waals surface area (Å²) in [6.45, 7) is 7.72. The van der Waals surface area contributed by atoms with E-state index in [9.17, 15) is 4.39 Å². The molecule has 0 saturated heterocycles. The van der Waals surface area contributed by atoms with Gasteiger partial charge in [-0.1, -0.05) is 19.9 Å². The minimum absolute atomic E-state index is 0.162. The number of aromatic nitrogens is 1. The summed E-state index contributed by atoms with van der Waals surface area (Å²) in [6, 6.07) is 9.06. The molecule has 1 nitrogen and oxygen atoms in total. The summed E-state index contributed by atoms with van der Waals surface area (Å²) in [5, 5.41) is 0. The molecule has 2 aromatic rings. The minimum atomic E-state index is -0.162. The van der Waals surface area contributed by atoms with Gasteiger partial charge < -0.3 is 0 Å². The van der Waals surface area contributed by atoms with Gasteiger partial charge in [-0.05, 0) is 54.8 Å². The lowest BCUT2D eigenvalue weighted by atomic mass is 10.0. The molecule has 0 radical (unpaired) electrons. The van der Waals surface area contributed by atoms with Gasteiger partial charge in [0.2, 0.25) is 0 Å². The number of nitrogens with zero attached hydrogens (tertiary/aromatic N) is 1. The van der Waals surface area contributed by atoms with Crippen LogP contribution in [0.2, 0.25) is 0 Å². The summed E-state index contributed by atoms with van der Waals surface area (Å²) in [5.74, 6) is -0.162. The van der Waals surface area contributed by atoms with Crippen LogP contribution < -0.4 is 0 Å². The highest BCUT2D eigenvalue weighted by molar-refractivity contribution is 5.64. The molecule has 2 rings (SSSR count). The maximum atomic E-state index is 13.1. The molecule has 0 spiro atoms. The Kier molecular flexibility index (Phi) is 4.83. The maximum Gasteiger partial charge on any atom is 0.126 e. The van der Waals surface area contributed by atoms with Gasteiger partial charge >= 0.3 is 0 Å². The van der Waals surface area contributed by atoms with Gasteiger partial charge in [-0.15, -0.1) is 0 Å². The Morgan fingerprint density at radius 3 is 2.18 bits per heavy atom. The van der Waals surface area contributed by atoms with Crippen LogP contribution in [0.3, 0.4) is 0 Å². The topological polar surface area (TPSA) is 12.9 Å². The van der Waals surface area contributed by atoms with Crippen molar-refractivity contribution < 1.29 is 4.39 Å². The van der Waals surface area contributed by atoms with Crippen molar-refractivity contribution in [3.63, 3.8) is 0 Å². The van der Waals surface area contributed by atoms with Crippen LogP contribution in [0.5, 0.6) is 0 Å². The van der Waals surface area contributed by atoms with Gasteiger partial charge in [0.25, 0.3) is 0 Å². The monoisotopic (exact) mass is 231 g/mol. The molecule has 1 aromatic carbocycles. The number of rotatable bonds is 1. The molecule has 0 aliphatic carbocycles. The Balaban J connectivity index is 0.000000686. The fraction of sp³-hybridized carbons (Fsp3) is 0.267. The molecular weight excluding hydrogens is 213 g/mol. The van der Waals surface area contributed by atoms with Crippen LogP contribution in [-0.2, 0) is 0 Å². The molecular formula is C15H18FN. The van der Waals surface area contributed by atoms with Crippen LogP contribution in [-0.4, -0.2) is 4.98 Å². The molecule has 0 amide bonds. The molecule has 0 N–H and O–H groups in total. The van der Waals surface area contributed by atoms with E-state index < -0.39 is 0 Å². The first-order chi connectivity index (χ1) is 8.16. The third-order valence-corrected chi connectivity index (χ3v) is 2.39. The van der Waals surface area contributed by atoms with Crippen LogP contribution in [0.1, 0.15) is 25.1 Å². The fourth-order valence-electron chi connectivity index (χ4n) is 1.55. The molecule has 2 heteroatoms. The van der Waals surface area contributed by atoms with E-state index in [1.807, 2.05) is 39.0 Å². The second kappa shape index (κ2) is 6.14. The third-order valence-electron chi connectivity index (χ3n) is 2.39. The van der Waals surface area contributed by atoms with Crippen molar-refractivity contribution in [3.8, 4) is 11.1 Å². The van der Waals surface area contributed by atoms with Gasteiger partial charge in [0.15, 0.2) is 0 Å². The smallest absolute Gasteiger partial charge is 0.126 e. The Hall–Kier alpha value is -1.70. The number of hydrogen-bond acceptors (Lipinski definition) is 1. The van der Waals surface area contributed by atoms with Crippen molar-refractivity contribution >= 4 is 0 Å². The van der Waals surface area contributed by atoms with E-state index >= 15 is 0 Å². The number of benzene rings is 1. The zero-order chi connectivity index (χ0) is 12.8. The van der Waals surface area contributed by atoms with E-state index in [1.165, 1.54) is 6.07 Å². The quantitative estimate of drug-likeness (QED) is 0.702. The standard InChI is InChI=1S/C13H12FN.C2H6/c1-9-7-11(3-4-13(9)14)12-5-6-15-10(2)8-12;1-2/h3-8H,1-2H3;1-2H3. The lowest BCUT2D eigenvalue weighted by Gasteiger charge is -2.04. The molecule has 0 saturated carbocycles. The fourth-order valence-corrected chi connectivity index (χ4v) is 1.55. The molecule has 0 fully saturated rings. The average Bonchev–Trinajstić information content (AvgIpc) is 2.35. The second-order valence-electron chi connectivity index (χ2n) is 3.65. The van der Waals surface area contributed by atoms with Crippen molar-refractivity contribution in [2.75, 3.05) is 0 Å². The molecule has 90 valence electrons. The van der Waals surface area contributed by atoms with E-state index in [0.29, 0.717) is 5.56 Å². The van der Waals surface area contributed by atoms with Gasteiger partial charge in [-0.25, -0.2) is 4.39 Å². The number of halogens is 1. The highest BCUT2D eigenvalue weighted by Gasteiger charge is 2.01. The summed E-state index contributed by atoms with van der Waals surface area (Å²) >= 11 is 0. The normalized spacial score (nSPS) is 9.47. The van der Waals surface area contributed by atoms with Gasteiger partial charge in [-0.3, -0.25) is 4.98 Å². The summed E-state index contributed by atoms with van der Waals surface area (Å²) in [5.41, 5.74) is 3.74. The molecule has 1 aromatic heterocycles. The molecule has 0 atom stereocenters. The zero-order valence-electron chi connectivity index (χ0n) is 10.8. The highest BCUT2D eigenvalue weighted by Crippen LogP contribution is 2.21. The van der Waals surface area contributed by atoms with E-state index in [-0.39, 0.29) is 5.82 Å². The first-order valence-electron chi connectivity index (χ1n) is 5.86. The first-order valence-corrected chi connectivity index (χ1v) is 5.86. The van der Waals surface area contributed by atoms with Gasteiger partial charge in [0.1, 0.15) is 5.82 Å². The molecule has 1 heterocycles. The highest BCUT2D eigenvalue weighted by atomic mass is 19.1. The Labute approximate surface area is 102 Å². The second-order valence-corrected chi connectivity index (χ2v) is 3.65. The van der Waals surface area contributed by atoms with Crippen LogP contribution in [0, 0.1) is 19.7 Å². The van der Waals surface area contributed by atoms with Crippen molar-refractivity contribution in [2.45, 2.75) is 27.7 Å². The summed E-state index contributed by atoms with van der Waals surface area (Å²) in [6.07, 6.45) is 1.77. The lowest BCUT2D eigenvalue weighted by Crippen LogP contribution is -1.86. The summed E-state index contributed by atoms with van der Waals surface area (Å²) in [4.78, 5) is 4.13. The van der Waals surface area contributed by atoms with Crippen molar-refractivity contribution in [2.24, 2.45) is 0 Å². The first kappa shape index (κ1) is 13.4. The van der Waals surface area contributed by atoms with E-state index in [4.69, 9.17) is 0 Å². The number of hydrogen-bond donors (Lipinski definition) is 0. The molecule has 0 aliphatic rings. The molecule has 0 unspecified atom stereocenters. The van der Waals surface area contributed by atoms with E-state index in [1.54, 1.807) is 19.2 Å². The number of pyridine rings is 1. The van der Waals surface area contributed by atoms with Gasteiger partial charge in [0, 0.05) is 11.9 Å². The third kappa shape index (κ3) is 3.38. The maximum absolute atomic E-state index is 13.1. The Bertz CT molecular complexity index is 492. The van der Waals surface area contributed by atoms with Crippen molar-refractivity contribution in [1.82, 2.24) is 4.98 Å². The predicted molar refractivity (Wildman–Crippen MR) is 70.5 cm³/mol. The van der Waals surface area contributed by atoms with Crippen LogP contribution in [0.15, 0.2) is 36.5 Å². The van der Waals surface area contributed by atoms with E-state index in [0.717, 1.165) is 16.8 Å². The van der Waals surface area contributed by atoms with Gasteiger partial charge in [0.05, 0.1) is 0 Å². The largest absolute Gasteiger partial charge is 0.262 e.